The van der Waals surface area contributed by atoms with Crippen LogP contribution in [0.5, 0.6) is 0 Å². The lowest BCUT2D eigenvalue weighted by Gasteiger charge is -2.42. The molecule has 1 aliphatic heterocycles. The molecule has 0 bridgehead atoms. The Morgan fingerprint density at radius 1 is 1.07 bits per heavy atom. The topological polar surface area (TPSA) is 43.9 Å². The first-order chi connectivity index (χ1) is 13.9. The summed E-state index contributed by atoms with van der Waals surface area (Å²) in [5.41, 5.74) is 0.0297. The lowest BCUT2D eigenvalue weighted by atomic mass is 9.94. The first kappa shape index (κ1) is 21.7. The average Bonchev–Trinajstić information content (AvgIpc) is 3.22. The van der Waals surface area contributed by atoms with Crippen LogP contribution in [0, 0.1) is 17.6 Å². The molecule has 1 aromatic carbocycles. The second-order valence-electron chi connectivity index (χ2n) is 8.24. The fraction of sp³-hybridized carbons (Fsp3) is 0.636. The van der Waals surface area contributed by atoms with E-state index in [2.05, 4.69) is 11.8 Å². The second kappa shape index (κ2) is 9.65. The van der Waals surface area contributed by atoms with Crippen molar-refractivity contribution < 1.29 is 18.4 Å². The Morgan fingerprint density at radius 3 is 2.21 bits per heavy atom. The van der Waals surface area contributed by atoms with Gasteiger partial charge in [0.05, 0.1) is 6.04 Å². The minimum atomic E-state index is -0.752. The highest BCUT2D eigenvalue weighted by molar-refractivity contribution is 5.94. The highest BCUT2D eigenvalue weighted by atomic mass is 19.1. The molecule has 1 aliphatic carbocycles. The van der Waals surface area contributed by atoms with Gasteiger partial charge < -0.3 is 9.80 Å². The van der Waals surface area contributed by atoms with Crippen molar-refractivity contribution in [1.29, 1.82) is 0 Å². The Balaban J connectivity index is 1.67. The van der Waals surface area contributed by atoms with Crippen LogP contribution in [0.25, 0.3) is 0 Å². The zero-order valence-corrected chi connectivity index (χ0v) is 17.4. The van der Waals surface area contributed by atoms with E-state index in [9.17, 15) is 18.4 Å². The number of carbonyl (C=O) groups is 2. The molecule has 0 spiro atoms. The molecule has 0 N–H and O–H groups in total. The fourth-order valence-corrected chi connectivity index (χ4v) is 4.66. The fourth-order valence-electron chi connectivity index (χ4n) is 4.66. The standard InChI is InChI=1S/C22H31F2N3O2/c1-3-8-25(2)22(29)20(16-6-4-5-7-16)26-9-11-27(12-10-26)21(28)17-13-18(23)15-19(24)14-17/h13-16,20H,3-12H2,1-2H3/t20-/m0/s1. The second-order valence-corrected chi connectivity index (χ2v) is 8.24. The maximum atomic E-state index is 13.5. The molecule has 29 heavy (non-hydrogen) atoms. The molecule has 3 rings (SSSR count). The van der Waals surface area contributed by atoms with Gasteiger partial charge in [0, 0.05) is 51.4 Å². The summed E-state index contributed by atoms with van der Waals surface area (Å²) in [5, 5.41) is 0. The lowest BCUT2D eigenvalue weighted by molar-refractivity contribution is -0.138. The third-order valence-electron chi connectivity index (χ3n) is 6.14. The van der Waals surface area contributed by atoms with Crippen LogP contribution in [-0.2, 0) is 4.79 Å². The number of rotatable bonds is 6. The number of halogens is 2. The van der Waals surface area contributed by atoms with E-state index >= 15 is 0 Å². The normalized spacial score (nSPS) is 19.4. The summed E-state index contributed by atoms with van der Waals surface area (Å²) < 4.78 is 26.9. The van der Waals surface area contributed by atoms with Crippen LogP contribution in [-0.4, -0.2) is 72.3 Å². The van der Waals surface area contributed by atoms with Crippen molar-refractivity contribution in [2.45, 2.75) is 45.1 Å². The number of carbonyl (C=O) groups excluding carboxylic acids is 2. The summed E-state index contributed by atoms with van der Waals surface area (Å²) in [7, 11) is 1.87. The molecule has 2 aliphatic rings. The molecule has 1 saturated heterocycles. The zero-order valence-electron chi connectivity index (χ0n) is 17.4. The van der Waals surface area contributed by atoms with Crippen LogP contribution in [0.2, 0.25) is 0 Å². The first-order valence-corrected chi connectivity index (χ1v) is 10.6. The van der Waals surface area contributed by atoms with Gasteiger partial charge >= 0.3 is 0 Å². The van der Waals surface area contributed by atoms with Crippen LogP contribution < -0.4 is 0 Å². The molecular formula is C22H31F2N3O2. The Morgan fingerprint density at radius 2 is 1.66 bits per heavy atom. The number of nitrogens with zero attached hydrogens (tertiary/aromatic N) is 3. The lowest BCUT2D eigenvalue weighted by Crippen LogP contribution is -2.58. The Hall–Kier alpha value is -2.02. The molecule has 1 aromatic rings. The van der Waals surface area contributed by atoms with Gasteiger partial charge in [0.1, 0.15) is 11.6 Å². The van der Waals surface area contributed by atoms with Crippen molar-refractivity contribution in [3.05, 3.63) is 35.4 Å². The van der Waals surface area contributed by atoms with E-state index in [0.717, 1.165) is 56.8 Å². The first-order valence-electron chi connectivity index (χ1n) is 10.6. The molecule has 1 saturated carbocycles. The summed E-state index contributed by atoms with van der Waals surface area (Å²) >= 11 is 0. The minimum Gasteiger partial charge on any atom is -0.344 e. The smallest absolute Gasteiger partial charge is 0.254 e. The predicted molar refractivity (Wildman–Crippen MR) is 108 cm³/mol. The predicted octanol–water partition coefficient (Wildman–Crippen LogP) is 3.15. The van der Waals surface area contributed by atoms with Gasteiger partial charge in [-0.05, 0) is 37.3 Å². The van der Waals surface area contributed by atoms with Gasteiger partial charge in [0.15, 0.2) is 0 Å². The summed E-state index contributed by atoms with van der Waals surface area (Å²) in [6, 6.07) is 2.77. The van der Waals surface area contributed by atoms with Gasteiger partial charge in [-0.3, -0.25) is 14.5 Å². The molecule has 2 fully saturated rings. The third-order valence-corrected chi connectivity index (χ3v) is 6.14. The van der Waals surface area contributed by atoms with Crippen molar-refractivity contribution in [2.75, 3.05) is 39.8 Å². The summed E-state index contributed by atoms with van der Waals surface area (Å²) in [5.74, 6) is -1.34. The molecule has 0 aromatic heterocycles. The van der Waals surface area contributed by atoms with E-state index < -0.39 is 11.6 Å². The monoisotopic (exact) mass is 407 g/mol. The maximum Gasteiger partial charge on any atom is 0.254 e. The van der Waals surface area contributed by atoms with Gasteiger partial charge in [-0.1, -0.05) is 19.8 Å². The zero-order chi connectivity index (χ0) is 21.0. The molecule has 0 radical (unpaired) electrons. The Bertz CT molecular complexity index is 709. The molecule has 1 atom stereocenters. The highest BCUT2D eigenvalue weighted by Gasteiger charge is 2.38. The van der Waals surface area contributed by atoms with Crippen LogP contribution >= 0.6 is 0 Å². The van der Waals surface area contributed by atoms with Gasteiger partial charge in [0.2, 0.25) is 5.91 Å². The molecule has 160 valence electrons. The van der Waals surface area contributed by atoms with E-state index in [1.165, 1.54) is 0 Å². The maximum absolute atomic E-state index is 13.5. The molecule has 2 amide bonds. The Labute approximate surface area is 171 Å². The van der Waals surface area contributed by atoms with Gasteiger partial charge in [0.25, 0.3) is 5.91 Å². The molecular weight excluding hydrogens is 376 g/mol. The Kier molecular flexibility index (Phi) is 7.22. The van der Waals surface area contributed by atoms with Crippen molar-refractivity contribution >= 4 is 11.8 Å². The van der Waals surface area contributed by atoms with E-state index in [-0.39, 0.29) is 23.4 Å². The molecule has 5 nitrogen and oxygen atoms in total. The average molecular weight is 408 g/mol. The van der Waals surface area contributed by atoms with Crippen molar-refractivity contribution in [3.63, 3.8) is 0 Å². The van der Waals surface area contributed by atoms with E-state index in [0.29, 0.717) is 32.1 Å². The summed E-state index contributed by atoms with van der Waals surface area (Å²) in [6.45, 7) is 4.89. The number of likely N-dealkylation sites (N-methyl/N-ethyl adjacent to an activating group) is 1. The minimum absolute atomic E-state index is 0.0297. The van der Waals surface area contributed by atoms with Crippen LogP contribution in [0.1, 0.15) is 49.4 Å². The highest BCUT2D eigenvalue weighted by Crippen LogP contribution is 2.32. The van der Waals surface area contributed by atoms with Gasteiger partial charge in [-0.25, -0.2) is 8.78 Å². The molecule has 1 heterocycles. The summed E-state index contributed by atoms with van der Waals surface area (Å²) in [6.07, 6.45) is 5.38. The third kappa shape index (κ3) is 5.13. The summed E-state index contributed by atoms with van der Waals surface area (Å²) in [4.78, 5) is 31.5. The number of piperazine rings is 1. The van der Waals surface area contributed by atoms with Crippen LogP contribution in [0.3, 0.4) is 0 Å². The number of hydrogen-bond donors (Lipinski definition) is 0. The SMILES string of the molecule is CCCN(C)C(=O)[C@H](C1CCCC1)N1CCN(C(=O)c2cc(F)cc(F)c2)CC1. The van der Waals surface area contributed by atoms with E-state index in [1.807, 2.05) is 11.9 Å². The molecule has 7 heteroatoms. The number of hydrogen-bond acceptors (Lipinski definition) is 3. The number of amides is 2. The number of benzene rings is 1. The molecule has 0 unspecified atom stereocenters. The van der Waals surface area contributed by atoms with Crippen LogP contribution in [0.15, 0.2) is 18.2 Å². The van der Waals surface area contributed by atoms with Crippen molar-refractivity contribution in [3.8, 4) is 0 Å². The van der Waals surface area contributed by atoms with Gasteiger partial charge in [-0.15, -0.1) is 0 Å². The van der Waals surface area contributed by atoms with E-state index in [4.69, 9.17) is 0 Å². The van der Waals surface area contributed by atoms with Crippen molar-refractivity contribution in [1.82, 2.24) is 14.7 Å². The van der Waals surface area contributed by atoms with Gasteiger partial charge in [-0.2, -0.15) is 0 Å². The van der Waals surface area contributed by atoms with E-state index in [1.54, 1.807) is 4.90 Å². The van der Waals surface area contributed by atoms with Crippen molar-refractivity contribution in [2.24, 2.45) is 5.92 Å². The quantitative estimate of drug-likeness (QED) is 0.728. The van der Waals surface area contributed by atoms with Crippen LogP contribution in [0.4, 0.5) is 8.78 Å². The largest absolute Gasteiger partial charge is 0.344 e.